The zero-order chi connectivity index (χ0) is 25.8. The fraction of sp³-hybridized carbons (Fsp3) is 0.250. The number of alkyl halides is 3. The van der Waals surface area contributed by atoms with Crippen LogP contribution in [0.2, 0.25) is 5.02 Å². The lowest BCUT2D eigenvalue weighted by molar-refractivity contribution is -0.192. The maximum Gasteiger partial charge on any atom is 0.490 e. The number of hydrogen-bond acceptors (Lipinski definition) is 7. The monoisotopic (exact) mass is 552 g/mol. The average molecular weight is 553 g/mol. The number of carboxylic acids is 1. The van der Waals surface area contributed by atoms with Gasteiger partial charge in [-0.1, -0.05) is 11.6 Å². The topological polar surface area (TPSA) is 121 Å². The first-order chi connectivity index (χ1) is 16.4. The van der Waals surface area contributed by atoms with E-state index in [0.717, 1.165) is 48.3 Å². The van der Waals surface area contributed by atoms with Crippen LogP contribution >= 0.6 is 22.9 Å². The van der Waals surface area contributed by atoms with E-state index in [4.69, 9.17) is 21.5 Å². The number of rotatable bonds is 5. The van der Waals surface area contributed by atoms with E-state index in [1.54, 1.807) is 17.8 Å². The molecule has 1 unspecified atom stereocenters. The number of hydrogen-bond donors (Lipinski definition) is 3. The van der Waals surface area contributed by atoms with Gasteiger partial charge in [0.1, 0.15) is 10.7 Å². The third-order valence-corrected chi connectivity index (χ3v) is 7.28. The molecule has 3 aromatic rings. The first-order valence-corrected chi connectivity index (χ1v) is 12.5. The van der Waals surface area contributed by atoms with Crippen LogP contribution in [0.5, 0.6) is 0 Å². The van der Waals surface area contributed by atoms with Crippen molar-refractivity contribution in [3.63, 3.8) is 0 Å². The number of sulfonamides is 1. The molecule has 0 aliphatic heterocycles. The smallest absolute Gasteiger partial charge is 0.475 e. The first-order valence-electron chi connectivity index (χ1n) is 9.79. The molecule has 0 radical (unpaired) electrons. The summed E-state index contributed by atoms with van der Waals surface area (Å²) in [7, 11) is -4.13. The summed E-state index contributed by atoms with van der Waals surface area (Å²) < 4.78 is 73.6. The Balaban J connectivity index is 0.000000429. The van der Waals surface area contributed by atoms with Gasteiger partial charge in [0.05, 0.1) is 16.8 Å². The molecule has 1 aromatic carbocycles. The van der Waals surface area contributed by atoms with E-state index < -0.39 is 32.9 Å². The number of carboxylic acid groups (broad SMARTS) is 1. The maximum atomic E-state index is 14.7. The lowest BCUT2D eigenvalue weighted by Gasteiger charge is -2.27. The van der Waals surface area contributed by atoms with Gasteiger partial charge in [0.2, 0.25) is 0 Å². The van der Waals surface area contributed by atoms with E-state index in [2.05, 4.69) is 20.0 Å². The number of benzene rings is 1. The molecular formula is C20H17ClF4N4O4S2. The summed E-state index contributed by atoms with van der Waals surface area (Å²) in [5.41, 5.74) is 2.59. The minimum Gasteiger partial charge on any atom is -0.475 e. The summed E-state index contributed by atoms with van der Waals surface area (Å²) in [6, 6.07) is 4.14. The van der Waals surface area contributed by atoms with E-state index in [1.807, 2.05) is 6.07 Å². The van der Waals surface area contributed by atoms with Crippen molar-refractivity contribution in [2.24, 2.45) is 0 Å². The Morgan fingerprint density at radius 2 is 1.97 bits per heavy atom. The molecule has 0 fully saturated rings. The van der Waals surface area contributed by atoms with Crippen LogP contribution in [-0.2, 0) is 21.2 Å². The second-order valence-corrected chi connectivity index (χ2v) is 10.1. The Labute approximate surface area is 206 Å². The third kappa shape index (κ3) is 6.80. The molecule has 2 aromatic heterocycles. The van der Waals surface area contributed by atoms with E-state index in [1.165, 1.54) is 11.8 Å². The molecule has 1 atom stereocenters. The van der Waals surface area contributed by atoms with Crippen LogP contribution in [0.15, 0.2) is 47.1 Å². The number of thiazole rings is 1. The number of nitrogens with zero attached hydrogens (tertiary/aromatic N) is 2. The van der Waals surface area contributed by atoms with Gasteiger partial charge in [0.15, 0.2) is 5.13 Å². The van der Waals surface area contributed by atoms with Crippen molar-refractivity contribution in [3.8, 4) is 0 Å². The SMILES string of the molecule is O=C(O)C(F)(F)F.O=S(=O)(Nc1nccs1)c1cc(Cl)c(NC2CCCc3ccncc32)cc1F. The van der Waals surface area contributed by atoms with Gasteiger partial charge >= 0.3 is 12.1 Å². The van der Waals surface area contributed by atoms with Crippen molar-refractivity contribution in [3.05, 3.63) is 64.1 Å². The molecule has 0 saturated heterocycles. The standard InChI is InChI=1S/C18H16ClFN4O2S2.C2HF3O2/c19-13-8-17(28(25,26)24-18-22-6-7-27-18)14(20)9-16(13)23-15-3-1-2-11-4-5-21-10-12(11)15;3-2(4,5)1(6)7/h4-10,15,23H,1-3H2,(H,22,24);(H,6,7). The minimum absolute atomic E-state index is 0.0646. The third-order valence-electron chi connectivity index (χ3n) is 4.80. The Bertz CT molecular complexity index is 1300. The first kappa shape index (κ1) is 26.6. The summed E-state index contributed by atoms with van der Waals surface area (Å²) in [6.07, 6.45) is 2.73. The van der Waals surface area contributed by atoms with Crippen molar-refractivity contribution in [2.45, 2.75) is 36.4 Å². The summed E-state index contributed by atoms with van der Waals surface area (Å²) in [5.74, 6) is -3.65. The minimum atomic E-state index is -5.08. The molecule has 35 heavy (non-hydrogen) atoms. The van der Waals surface area contributed by atoms with Gasteiger partial charge < -0.3 is 10.4 Å². The van der Waals surface area contributed by atoms with Crippen LogP contribution in [0.4, 0.5) is 28.4 Å². The van der Waals surface area contributed by atoms with Crippen LogP contribution in [-0.4, -0.2) is 35.6 Å². The van der Waals surface area contributed by atoms with E-state index in [-0.39, 0.29) is 16.2 Å². The number of halogens is 5. The summed E-state index contributed by atoms with van der Waals surface area (Å²) in [5, 5.41) is 12.3. The highest BCUT2D eigenvalue weighted by molar-refractivity contribution is 7.93. The molecule has 0 bridgehead atoms. The van der Waals surface area contributed by atoms with Crippen LogP contribution in [0, 0.1) is 5.82 Å². The van der Waals surface area contributed by atoms with Crippen molar-refractivity contribution in [1.82, 2.24) is 9.97 Å². The van der Waals surface area contributed by atoms with E-state index >= 15 is 0 Å². The lowest BCUT2D eigenvalue weighted by atomic mass is 9.89. The van der Waals surface area contributed by atoms with Gasteiger partial charge in [-0.3, -0.25) is 9.71 Å². The number of anilines is 2. The number of aryl methyl sites for hydroxylation is 1. The van der Waals surface area contributed by atoms with Crippen molar-refractivity contribution in [1.29, 1.82) is 0 Å². The quantitative estimate of drug-likeness (QED) is 0.369. The molecule has 0 spiro atoms. The van der Waals surface area contributed by atoms with E-state index in [0.29, 0.717) is 5.69 Å². The summed E-state index contributed by atoms with van der Waals surface area (Å²) in [4.78, 5) is 16.4. The van der Waals surface area contributed by atoms with Gasteiger partial charge in [0.25, 0.3) is 10.0 Å². The predicted molar refractivity (Wildman–Crippen MR) is 122 cm³/mol. The van der Waals surface area contributed by atoms with Gasteiger partial charge in [-0.25, -0.2) is 22.6 Å². The predicted octanol–water partition coefficient (Wildman–Crippen LogP) is 5.25. The van der Waals surface area contributed by atoms with E-state index in [9.17, 15) is 26.0 Å². The second kappa shape index (κ2) is 10.7. The van der Waals surface area contributed by atoms with Crippen molar-refractivity contribution < 1.29 is 35.9 Å². The fourth-order valence-electron chi connectivity index (χ4n) is 3.26. The zero-order valence-corrected chi connectivity index (χ0v) is 19.9. The molecule has 0 amide bonds. The number of aliphatic carboxylic acids is 1. The van der Waals surface area contributed by atoms with Gasteiger partial charge in [-0.2, -0.15) is 13.2 Å². The van der Waals surface area contributed by atoms with Crippen molar-refractivity contribution in [2.75, 3.05) is 10.0 Å². The molecular weight excluding hydrogens is 536 g/mol. The van der Waals surface area contributed by atoms with Crippen LogP contribution in [0.1, 0.15) is 30.0 Å². The molecule has 3 N–H and O–H groups in total. The largest absolute Gasteiger partial charge is 0.490 e. The second-order valence-electron chi connectivity index (χ2n) is 7.17. The number of pyridine rings is 1. The molecule has 0 saturated carbocycles. The highest BCUT2D eigenvalue weighted by atomic mass is 35.5. The molecule has 15 heteroatoms. The molecule has 2 heterocycles. The number of carbonyl (C=O) groups is 1. The van der Waals surface area contributed by atoms with Gasteiger partial charge in [-0.05, 0) is 48.6 Å². The van der Waals surface area contributed by atoms with Crippen LogP contribution < -0.4 is 10.0 Å². The Hall–Kier alpha value is -2.97. The molecule has 1 aliphatic rings. The Kier molecular flexibility index (Phi) is 8.18. The van der Waals surface area contributed by atoms with Gasteiger partial charge in [-0.15, -0.1) is 11.3 Å². The highest BCUT2D eigenvalue weighted by Crippen LogP contribution is 2.36. The fourth-order valence-corrected chi connectivity index (χ4v) is 5.41. The summed E-state index contributed by atoms with van der Waals surface area (Å²) >= 11 is 7.38. The molecule has 1 aliphatic carbocycles. The lowest BCUT2D eigenvalue weighted by Crippen LogP contribution is -2.21. The number of nitrogens with one attached hydrogen (secondary N) is 2. The average Bonchev–Trinajstić information content (AvgIpc) is 3.28. The molecule has 4 rings (SSSR count). The molecule has 188 valence electrons. The number of fused-ring (bicyclic) bond motifs is 1. The normalized spacial score (nSPS) is 15.4. The van der Waals surface area contributed by atoms with Crippen LogP contribution in [0.3, 0.4) is 0 Å². The Morgan fingerprint density at radius 3 is 2.60 bits per heavy atom. The van der Waals surface area contributed by atoms with Crippen molar-refractivity contribution >= 4 is 49.7 Å². The zero-order valence-electron chi connectivity index (χ0n) is 17.5. The highest BCUT2D eigenvalue weighted by Gasteiger charge is 2.38. The maximum absolute atomic E-state index is 14.7. The molecule has 8 nitrogen and oxygen atoms in total. The van der Waals surface area contributed by atoms with Gasteiger partial charge in [0, 0.05) is 24.0 Å². The Morgan fingerprint density at radius 1 is 1.26 bits per heavy atom. The van der Waals surface area contributed by atoms with Crippen LogP contribution in [0.25, 0.3) is 0 Å². The summed E-state index contributed by atoms with van der Waals surface area (Å²) in [6.45, 7) is 0. The number of aromatic nitrogens is 2.